The Hall–Kier alpha value is -2.92. The molecule has 0 saturated carbocycles. The van der Waals surface area contributed by atoms with Gasteiger partial charge < -0.3 is 15.2 Å². The SMILES string of the molecule is O=C(C[C@@H]1CCNC[C@@H]1Cc1cc(-c2ccccc2)on1)NCc1ccccc1. The molecule has 1 aromatic heterocycles. The average molecular weight is 389 g/mol. The van der Waals surface area contributed by atoms with Crippen LogP contribution in [0.2, 0.25) is 0 Å². The maximum atomic E-state index is 12.5. The number of nitrogens with one attached hydrogen (secondary N) is 2. The molecule has 1 aliphatic heterocycles. The molecule has 0 radical (unpaired) electrons. The lowest BCUT2D eigenvalue weighted by atomic mass is 9.81. The second kappa shape index (κ2) is 9.52. The minimum Gasteiger partial charge on any atom is -0.356 e. The summed E-state index contributed by atoms with van der Waals surface area (Å²) in [4.78, 5) is 12.5. The maximum absolute atomic E-state index is 12.5. The van der Waals surface area contributed by atoms with E-state index in [0.29, 0.717) is 24.8 Å². The highest BCUT2D eigenvalue weighted by Gasteiger charge is 2.28. The molecule has 0 unspecified atom stereocenters. The molecule has 0 bridgehead atoms. The fourth-order valence-corrected chi connectivity index (χ4v) is 4.01. The van der Waals surface area contributed by atoms with Crippen LogP contribution < -0.4 is 10.6 Å². The second-order valence-corrected chi connectivity index (χ2v) is 7.73. The number of hydrogen-bond donors (Lipinski definition) is 2. The first-order valence-corrected chi connectivity index (χ1v) is 10.3. The molecule has 2 aromatic carbocycles. The second-order valence-electron chi connectivity index (χ2n) is 7.73. The summed E-state index contributed by atoms with van der Waals surface area (Å²) in [6, 6.07) is 22.1. The standard InChI is InChI=1S/C24H27N3O2/c28-24(26-16-18-7-3-1-4-8-18)14-20-11-12-25-17-21(20)13-22-15-23(29-27-22)19-9-5-2-6-10-19/h1-10,15,20-21,25H,11-14,16-17H2,(H,26,28)/t20-,21-/m0/s1. The Labute approximate surface area is 171 Å². The van der Waals surface area contributed by atoms with E-state index in [1.807, 2.05) is 66.7 Å². The monoisotopic (exact) mass is 389 g/mol. The van der Waals surface area contributed by atoms with Crippen molar-refractivity contribution in [2.45, 2.75) is 25.8 Å². The van der Waals surface area contributed by atoms with Crippen LogP contribution >= 0.6 is 0 Å². The number of hydrogen-bond acceptors (Lipinski definition) is 4. The van der Waals surface area contributed by atoms with Gasteiger partial charge in [-0.1, -0.05) is 65.8 Å². The van der Waals surface area contributed by atoms with Gasteiger partial charge in [0.15, 0.2) is 5.76 Å². The van der Waals surface area contributed by atoms with Gasteiger partial charge in [-0.2, -0.15) is 0 Å². The lowest BCUT2D eigenvalue weighted by molar-refractivity contribution is -0.122. The van der Waals surface area contributed by atoms with Gasteiger partial charge in [-0.05, 0) is 43.3 Å². The molecule has 0 spiro atoms. The minimum atomic E-state index is 0.121. The highest BCUT2D eigenvalue weighted by atomic mass is 16.5. The van der Waals surface area contributed by atoms with Crippen LogP contribution in [0, 0.1) is 11.8 Å². The van der Waals surface area contributed by atoms with Crippen molar-refractivity contribution in [2.24, 2.45) is 11.8 Å². The van der Waals surface area contributed by atoms with Gasteiger partial charge in [0.1, 0.15) is 0 Å². The third-order valence-electron chi connectivity index (χ3n) is 5.63. The van der Waals surface area contributed by atoms with Crippen LogP contribution in [0.5, 0.6) is 0 Å². The largest absolute Gasteiger partial charge is 0.356 e. The molecule has 4 rings (SSSR count). The number of amides is 1. The van der Waals surface area contributed by atoms with Crippen molar-refractivity contribution < 1.29 is 9.32 Å². The molecule has 2 heterocycles. The van der Waals surface area contributed by atoms with E-state index in [4.69, 9.17) is 4.52 Å². The fraction of sp³-hybridized carbons (Fsp3) is 0.333. The summed E-state index contributed by atoms with van der Waals surface area (Å²) in [6.07, 6.45) is 2.38. The summed E-state index contributed by atoms with van der Waals surface area (Å²) < 4.78 is 5.55. The first-order chi connectivity index (χ1) is 14.3. The van der Waals surface area contributed by atoms with Crippen LogP contribution in [0.4, 0.5) is 0 Å². The third-order valence-corrected chi connectivity index (χ3v) is 5.63. The molecule has 1 aliphatic rings. The van der Waals surface area contributed by atoms with Crippen LogP contribution in [-0.2, 0) is 17.8 Å². The van der Waals surface area contributed by atoms with Crippen molar-refractivity contribution >= 4 is 5.91 Å². The van der Waals surface area contributed by atoms with E-state index in [-0.39, 0.29) is 5.91 Å². The van der Waals surface area contributed by atoms with E-state index in [0.717, 1.165) is 48.5 Å². The third kappa shape index (κ3) is 5.33. The first kappa shape index (κ1) is 19.4. The maximum Gasteiger partial charge on any atom is 0.220 e. The summed E-state index contributed by atoms with van der Waals surface area (Å²) in [5.41, 5.74) is 3.11. The van der Waals surface area contributed by atoms with Crippen molar-refractivity contribution in [3.8, 4) is 11.3 Å². The molecule has 2 N–H and O–H groups in total. The van der Waals surface area contributed by atoms with Crippen LogP contribution in [0.15, 0.2) is 71.3 Å². The molecule has 5 heteroatoms. The van der Waals surface area contributed by atoms with Gasteiger partial charge in [0.2, 0.25) is 5.91 Å². The van der Waals surface area contributed by atoms with Crippen molar-refractivity contribution in [1.29, 1.82) is 0 Å². The van der Waals surface area contributed by atoms with Gasteiger partial charge in [-0.25, -0.2) is 0 Å². The number of carbonyl (C=O) groups excluding carboxylic acids is 1. The number of carbonyl (C=O) groups is 1. The Kier molecular flexibility index (Phi) is 6.37. The smallest absolute Gasteiger partial charge is 0.220 e. The average Bonchev–Trinajstić information content (AvgIpc) is 3.24. The molecule has 3 aromatic rings. The van der Waals surface area contributed by atoms with Gasteiger partial charge >= 0.3 is 0 Å². The zero-order valence-corrected chi connectivity index (χ0v) is 16.5. The van der Waals surface area contributed by atoms with Gasteiger partial charge in [0.25, 0.3) is 0 Å². The summed E-state index contributed by atoms with van der Waals surface area (Å²) in [5.74, 6) is 1.64. The van der Waals surface area contributed by atoms with Gasteiger partial charge in [0, 0.05) is 24.6 Å². The highest BCUT2D eigenvalue weighted by Crippen LogP contribution is 2.28. The molecular weight excluding hydrogens is 362 g/mol. The zero-order valence-electron chi connectivity index (χ0n) is 16.5. The minimum absolute atomic E-state index is 0.121. The van der Waals surface area contributed by atoms with Gasteiger partial charge in [-0.3, -0.25) is 4.79 Å². The van der Waals surface area contributed by atoms with E-state index in [1.54, 1.807) is 0 Å². The molecule has 1 fully saturated rings. The Morgan fingerprint density at radius 1 is 1.07 bits per heavy atom. The van der Waals surface area contributed by atoms with Crippen molar-refractivity contribution in [3.05, 3.63) is 78.0 Å². The summed E-state index contributed by atoms with van der Waals surface area (Å²) >= 11 is 0. The highest BCUT2D eigenvalue weighted by molar-refractivity contribution is 5.76. The molecule has 5 nitrogen and oxygen atoms in total. The number of nitrogens with zero attached hydrogens (tertiary/aromatic N) is 1. The Morgan fingerprint density at radius 2 is 1.83 bits per heavy atom. The summed E-state index contributed by atoms with van der Waals surface area (Å²) in [7, 11) is 0. The molecule has 2 atom stereocenters. The quantitative estimate of drug-likeness (QED) is 0.645. The van der Waals surface area contributed by atoms with Crippen molar-refractivity contribution in [3.63, 3.8) is 0 Å². The van der Waals surface area contributed by atoms with E-state index in [1.165, 1.54) is 0 Å². The molecule has 150 valence electrons. The molecule has 1 amide bonds. The van der Waals surface area contributed by atoms with Gasteiger partial charge in [0.05, 0.1) is 5.69 Å². The van der Waals surface area contributed by atoms with E-state index in [2.05, 4.69) is 15.8 Å². The van der Waals surface area contributed by atoms with E-state index in [9.17, 15) is 4.79 Å². The van der Waals surface area contributed by atoms with Crippen molar-refractivity contribution in [2.75, 3.05) is 13.1 Å². The Bertz CT molecular complexity index is 908. The zero-order chi connectivity index (χ0) is 19.9. The van der Waals surface area contributed by atoms with Crippen LogP contribution in [-0.4, -0.2) is 24.2 Å². The molecular formula is C24H27N3O2. The van der Waals surface area contributed by atoms with E-state index >= 15 is 0 Å². The fourth-order valence-electron chi connectivity index (χ4n) is 4.01. The predicted octanol–water partition coefficient (Wildman–Crippen LogP) is 3.82. The Balaban J connectivity index is 1.34. The number of aromatic nitrogens is 1. The number of benzene rings is 2. The summed E-state index contributed by atoms with van der Waals surface area (Å²) in [5, 5.41) is 10.8. The summed E-state index contributed by atoms with van der Waals surface area (Å²) in [6.45, 7) is 2.45. The molecule has 29 heavy (non-hydrogen) atoms. The molecule has 1 saturated heterocycles. The normalized spacial score (nSPS) is 19.0. The lowest BCUT2D eigenvalue weighted by Gasteiger charge is -2.31. The topological polar surface area (TPSA) is 67.2 Å². The number of piperidine rings is 1. The Morgan fingerprint density at radius 3 is 2.62 bits per heavy atom. The van der Waals surface area contributed by atoms with Crippen LogP contribution in [0.25, 0.3) is 11.3 Å². The van der Waals surface area contributed by atoms with Crippen LogP contribution in [0.1, 0.15) is 24.1 Å². The van der Waals surface area contributed by atoms with Crippen molar-refractivity contribution in [1.82, 2.24) is 15.8 Å². The lowest BCUT2D eigenvalue weighted by Crippen LogP contribution is -2.40. The number of rotatable bonds is 7. The van der Waals surface area contributed by atoms with Gasteiger partial charge in [-0.15, -0.1) is 0 Å². The predicted molar refractivity (Wildman–Crippen MR) is 113 cm³/mol. The van der Waals surface area contributed by atoms with Crippen LogP contribution in [0.3, 0.4) is 0 Å². The van der Waals surface area contributed by atoms with E-state index < -0.39 is 0 Å². The first-order valence-electron chi connectivity index (χ1n) is 10.3. The molecule has 0 aliphatic carbocycles.